The number of aromatic nitrogens is 1. The van der Waals surface area contributed by atoms with Crippen LogP contribution in [0.3, 0.4) is 0 Å². The van der Waals surface area contributed by atoms with Gasteiger partial charge in [0.1, 0.15) is 0 Å². The smallest absolute Gasteiger partial charge is 0.252 e. The molecule has 1 amide bonds. The van der Waals surface area contributed by atoms with Gasteiger partial charge in [-0.15, -0.1) is 12.4 Å². The average molecular weight is 432 g/mol. The van der Waals surface area contributed by atoms with E-state index >= 15 is 0 Å². The first-order valence-electron chi connectivity index (χ1n) is 9.00. The van der Waals surface area contributed by atoms with Crippen LogP contribution >= 0.6 is 23.7 Å². The molecule has 1 aromatic heterocycles. The van der Waals surface area contributed by atoms with Gasteiger partial charge in [0, 0.05) is 31.3 Å². The second kappa shape index (κ2) is 9.26. The lowest BCUT2D eigenvalue weighted by Gasteiger charge is -2.20. The molecule has 0 fully saturated rings. The molecule has 6 nitrogen and oxygen atoms in total. The van der Waals surface area contributed by atoms with Crippen LogP contribution in [0.2, 0.25) is 0 Å². The Morgan fingerprint density at radius 2 is 1.86 bits per heavy atom. The maximum atomic E-state index is 12.9. The van der Waals surface area contributed by atoms with Crippen molar-refractivity contribution in [2.24, 2.45) is 0 Å². The standard InChI is InChI=1S/C21H21N3O3S.ClH/c1-23(2)10-11-24(20(25)9-8-15-6-4-3-5-7-15)21-22-16-12-17-18(27-14-26-17)13-19(16)28-21;/h3-9,12-13H,10-11,14H2,1-2H3;1H. The molecular weight excluding hydrogens is 410 g/mol. The summed E-state index contributed by atoms with van der Waals surface area (Å²) in [6, 6.07) is 13.6. The molecule has 152 valence electrons. The molecule has 4 rings (SSSR count). The van der Waals surface area contributed by atoms with Crippen LogP contribution in [0.25, 0.3) is 16.3 Å². The van der Waals surface area contributed by atoms with Crippen molar-refractivity contribution in [3.8, 4) is 11.5 Å². The quantitative estimate of drug-likeness (QED) is 0.551. The Bertz CT molecular complexity index is 980. The van der Waals surface area contributed by atoms with E-state index in [4.69, 9.17) is 9.47 Å². The number of fused-ring (bicyclic) bond motifs is 2. The highest BCUT2D eigenvalue weighted by Gasteiger charge is 2.21. The molecule has 1 aliphatic rings. The zero-order valence-electron chi connectivity index (χ0n) is 16.2. The summed E-state index contributed by atoms with van der Waals surface area (Å²) in [4.78, 5) is 21.4. The molecule has 0 saturated carbocycles. The third-order valence-electron chi connectivity index (χ3n) is 4.36. The maximum absolute atomic E-state index is 12.9. The largest absolute Gasteiger partial charge is 0.454 e. The fourth-order valence-electron chi connectivity index (χ4n) is 2.84. The number of carbonyl (C=O) groups is 1. The van der Waals surface area contributed by atoms with Crippen molar-refractivity contribution >= 4 is 51.1 Å². The topological polar surface area (TPSA) is 54.9 Å². The van der Waals surface area contributed by atoms with E-state index in [1.165, 1.54) is 11.3 Å². The zero-order chi connectivity index (χ0) is 19.5. The number of likely N-dealkylation sites (N-methyl/N-ethyl adjacent to an activating group) is 1. The van der Waals surface area contributed by atoms with Gasteiger partial charge in [0.15, 0.2) is 16.6 Å². The van der Waals surface area contributed by atoms with Gasteiger partial charge in [0.25, 0.3) is 5.91 Å². The van der Waals surface area contributed by atoms with Crippen molar-refractivity contribution in [3.05, 3.63) is 54.1 Å². The third kappa shape index (κ3) is 4.87. The van der Waals surface area contributed by atoms with Gasteiger partial charge in [-0.05, 0) is 25.7 Å². The van der Waals surface area contributed by atoms with Gasteiger partial charge in [-0.2, -0.15) is 0 Å². The van der Waals surface area contributed by atoms with Gasteiger partial charge < -0.3 is 14.4 Å². The van der Waals surface area contributed by atoms with E-state index in [0.29, 0.717) is 17.4 Å². The number of rotatable bonds is 6. The van der Waals surface area contributed by atoms with Crippen molar-refractivity contribution in [3.63, 3.8) is 0 Å². The van der Waals surface area contributed by atoms with E-state index in [0.717, 1.165) is 28.1 Å². The van der Waals surface area contributed by atoms with E-state index in [2.05, 4.69) is 4.98 Å². The van der Waals surface area contributed by atoms with Crippen LogP contribution in [0.1, 0.15) is 5.56 Å². The number of hydrogen-bond acceptors (Lipinski definition) is 6. The molecule has 0 aliphatic carbocycles. The first kappa shape index (κ1) is 21.1. The van der Waals surface area contributed by atoms with Crippen LogP contribution in [0.15, 0.2) is 48.5 Å². The minimum absolute atomic E-state index is 0. The third-order valence-corrected chi connectivity index (χ3v) is 5.40. The Kier molecular flexibility index (Phi) is 6.74. The van der Waals surface area contributed by atoms with Crippen LogP contribution in [-0.4, -0.2) is 49.8 Å². The van der Waals surface area contributed by atoms with Crippen molar-refractivity contribution in [1.29, 1.82) is 0 Å². The van der Waals surface area contributed by atoms with E-state index in [1.807, 2.05) is 67.5 Å². The number of benzene rings is 2. The molecule has 3 aromatic rings. The van der Waals surface area contributed by atoms with E-state index in [1.54, 1.807) is 11.0 Å². The average Bonchev–Trinajstić information content (AvgIpc) is 3.30. The summed E-state index contributed by atoms with van der Waals surface area (Å²) in [7, 11) is 3.97. The lowest BCUT2D eigenvalue weighted by atomic mass is 10.2. The molecule has 0 radical (unpaired) electrons. The van der Waals surface area contributed by atoms with Gasteiger partial charge in [-0.1, -0.05) is 41.7 Å². The molecular formula is C21H22ClN3O3S. The second-order valence-corrected chi connectivity index (χ2v) is 7.72. The number of anilines is 1. The number of carbonyl (C=O) groups excluding carboxylic acids is 1. The maximum Gasteiger partial charge on any atom is 0.252 e. The lowest BCUT2D eigenvalue weighted by molar-refractivity contribution is -0.114. The molecule has 0 saturated heterocycles. The first-order valence-corrected chi connectivity index (χ1v) is 9.81. The predicted molar refractivity (Wildman–Crippen MR) is 119 cm³/mol. The Morgan fingerprint density at radius 3 is 2.59 bits per heavy atom. The fourth-order valence-corrected chi connectivity index (χ4v) is 3.85. The highest BCUT2D eigenvalue weighted by molar-refractivity contribution is 7.22. The lowest BCUT2D eigenvalue weighted by Crippen LogP contribution is -2.35. The molecule has 8 heteroatoms. The van der Waals surface area contributed by atoms with E-state index in [-0.39, 0.29) is 25.1 Å². The van der Waals surface area contributed by atoms with Crippen LogP contribution in [-0.2, 0) is 4.79 Å². The fraction of sp³-hybridized carbons (Fsp3) is 0.238. The summed E-state index contributed by atoms with van der Waals surface area (Å²) in [5.41, 5.74) is 1.79. The summed E-state index contributed by atoms with van der Waals surface area (Å²) >= 11 is 1.48. The Balaban J connectivity index is 0.00000240. The van der Waals surface area contributed by atoms with Crippen LogP contribution in [0, 0.1) is 0 Å². The molecule has 0 atom stereocenters. The Labute approximate surface area is 179 Å². The van der Waals surface area contributed by atoms with Gasteiger partial charge in [-0.25, -0.2) is 4.98 Å². The van der Waals surface area contributed by atoms with Crippen LogP contribution < -0.4 is 14.4 Å². The highest BCUT2D eigenvalue weighted by Crippen LogP contribution is 2.39. The molecule has 2 heterocycles. The van der Waals surface area contributed by atoms with Crippen molar-refractivity contribution in [2.75, 3.05) is 38.9 Å². The number of ether oxygens (including phenoxy) is 2. The number of halogens is 1. The number of hydrogen-bond donors (Lipinski definition) is 0. The van der Waals surface area contributed by atoms with Gasteiger partial charge in [0.2, 0.25) is 6.79 Å². The molecule has 0 spiro atoms. The van der Waals surface area contributed by atoms with Crippen LogP contribution in [0.4, 0.5) is 5.13 Å². The normalized spacial score (nSPS) is 12.5. The predicted octanol–water partition coefficient (Wildman–Crippen LogP) is 4.05. The zero-order valence-corrected chi connectivity index (χ0v) is 17.8. The molecule has 1 aliphatic heterocycles. The molecule has 29 heavy (non-hydrogen) atoms. The SMILES string of the molecule is CN(C)CCN(C(=O)C=Cc1ccccc1)c1nc2cc3c(cc2s1)OCO3.Cl. The summed E-state index contributed by atoms with van der Waals surface area (Å²) in [5.74, 6) is 1.32. The molecule has 0 bridgehead atoms. The first-order chi connectivity index (χ1) is 13.6. The minimum atomic E-state index is -0.0928. The second-order valence-electron chi connectivity index (χ2n) is 6.71. The van der Waals surface area contributed by atoms with Crippen molar-refractivity contribution in [1.82, 2.24) is 9.88 Å². The minimum Gasteiger partial charge on any atom is -0.454 e. The summed E-state index contributed by atoms with van der Waals surface area (Å²) in [6.45, 7) is 1.53. The number of thiazole rings is 1. The van der Waals surface area contributed by atoms with Gasteiger partial charge >= 0.3 is 0 Å². The summed E-state index contributed by atoms with van der Waals surface area (Å²) < 4.78 is 11.8. The highest BCUT2D eigenvalue weighted by atomic mass is 35.5. The van der Waals surface area contributed by atoms with E-state index < -0.39 is 0 Å². The summed E-state index contributed by atoms with van der Waals surface area (Å²) in [5, 5.41) is 0.670. The monoisotopic (exact) mass is 431 g/mol. The number of nitrogens with zero attached hydrogens (tertiary/aromatic N) is 3. The van der Waals surface area contributed by atoms with Crippen LogP contribution in [0.5, 0.6) is 11.5 Å². The van der Waals surface area contributed by atoms with Gasteiger partial charge in [-0.3, -0.25) is 9.69 Å². The number of amides is 1. The van der Waals surface area contributed by atoms with Crippen molar-refractivity contribution < 1.29 is 14.3 Å². The van der Waals surface area contributed by atoms with Gasteiger partial charge in [0.05, 0.1) is 10.2 Å². The Hall–Kier alpha value is -2.61. The Morgan fingerprint density at radius 1 is 1.14 bits per heavy atom. The van der Waals surface area contributed by atoms with E-state index in [9.17, 15) is 4.79 Å². The molecule has 0 N–H and O–H groups in total. The summed E-state index contributed by atoms with van der Waals surface area (Å²) in [6.07, 6.45) is 3.43. The molecule has 2 aromatic carbocycles. The molecule has 0 unspecified atom stereocenters. The van der Waals surface area contributed by atoms with Crippen molar-refractivity contribution in [2.45, 2.75) is 0 Å².